The minimum Gasteiger partial charge on any atom is -0.320 e. The van der Waals surface area contributed by atoms with Crippen LogP contribution in [0.25, 0.3) is 5.69 Å². The predicted octanol–water partition coefficient (Wildman–Crippen LogP) is 2.84. The van der Waals surface area contributed by atoms with E-state index in [0.29, 0.717) is 5.69 Å². The molecular weight excluding hydrogens is 255 g/mol. The van der Waals surface area contributed by atoms with Crippen molar-refractivity contribution in [1.82, 2.24) is 9.78 Å². The summed E-state index contributed by atoms with van der Waals surface area (Å²) in [6.45, 7) is 0. The Kier molecular flexibility index (Phi) is 2.47. The zero-order valence-electron chi connectivity index (χ0n) is 9.98. The van der Waals surface area contributed by atoms with Gasteiger partial charge in [0.05, 0.1) is 22.5 Å². The van der Waals surface area contributed by atoms with Crippen LogP contribution in [0.4, 0.5) is 13.2 Å². The summed E-state index contributed by atoms with van der Waals surface area (Å²) in [6, 6.07) is 6.86. The number of benzene rings is 1. The Balaban J connectivity index is 2.06. The molecule has 0 bridgehead atoms. The molecule has 0 amide bonds. The Hall–Kier alpha value is -1.82. The summed E-state index contributed by atoms with van der Waals surface area (Å²) in [5.74, 6) is 0. The Bertz CT molecular complexity index is 612. The molecule has 6 heteroatoms. The van der Waals surface area contributed by atoms with Crippen molar-refractivity contribution in [3.8, 4) is 5.69 Å². The second-order valence-corrected chi connectivity index (χ2v) is 4.83. The van der Waals surface area contributed by atoms with Crippen LogP contribution in [0.5, 0.6) is 0 Å². The third-order valence-electron chi connectivity index (χ3n) is 3.36. The first kappa shape index (κ1) is 12.2. The minimum atomic E-state index is -4.36. The Morgan fingerprint density at radius 3 is 2.58 bits per heavy atom. The maximum atomic E-state index is 12.7. The normalized spacial score (nSPS) is 17.5. The van der Waals surface area contributed by atoms with Crippen LogP contribution < -0.4 is 5.73 Å². The zero-order valence-corrected chi connectivity index (χ0v) is 9.98. The van der Waals surface area contributed by atoms with E-state index in [4.69, 9.17) is 5.73 Å². The highest BCUT2D eigenvalue weighted by Crippen LogP contribution is 2.43. The fourth-order valence-corrected chi connectivity index (χ4v) is 2.09. The molecule has 2 aromatic rings. The molecule has 1 saturated carbocycles. The minimum absolute atomic E-state index is 0.381. The zero-order chi connectivity index (χ0) is 13.7. The average Bonchev–Trinajstić information content (AvgIpc) is 2.93. The number of aromatic nitrogens is 2. The van der Waals surface area contributed by atoms with Gasteiger partial charge >= 0.3 is 6.18 Å². The van der Waals surface area contributed by atoms with E-state index in [1.807, 2.05) is 0 Å². The monoisotopic (exact) mass is 267 g/mol. The van der Waals surface area contributed by atoms with Crippen molar-refractivity contribution in [3.05, 3.63) is 47.8 Å². The average molecular weight is 267 g/mol. The molecule has 1 heterocycles. The standard InChI is InChI=1S/C13H12F3N3/c14-13(15,16)9-2-1-3-10(8-9)19-11(4-7-18-19)12(17)5-6-12/h1-4,7-8H,5-6,17H2. The smallest absolute Gasteiger partial charge is 0.320 e. The summed E-state index contributed by atoms with van der Waals surface area (Å²) in [5, 5.41) is 4.09. The van der Waals surface area contributed by atoms with Gasteiger partial charge in [0.25, 0.3) is 0 Å². The van der Waals surface area contributed by atoms with Gasteiger partial charge in [-0.3, -0.25) is 0 Å². The molecule has 0 unspecified atom stereocenters. The molecule has 19 heavy (non-hydrogen) atoms. The van der Waals surface area contributed by atoms with Gasteiger partial charge < -0.3 is 5.73 Å². The molecule has 0 aliphatic heterocycles. The van der Waals surface area contributed by atoms with Crippen molar-refractivity contribution >= 4 is 0 Å². The molecule has 0 saturated heterocycles. The van der Waals surface area contributed by atoms with Gasteiger partial charge in [0.2, 0.25) is 0 Å². The molecule has 100 valence electrons. The van der Waals surface area contributed by atoms with Crippen LogP contribution in [0.3, 0.4) is 0 Å². The largest absolute Gasteiger partial charge is 0.416 e. The van der Waals surface area contributed by atoms with Gasteiger partial charge in [0.1, 0.15) is 0 Å². The lowest BCUT2D eigenvalue weighted by Gasteiger charge is -2.14. The van der Waals surface area contributed by atoms with Crippen molar-refractivity contribution < 1.29 is 13.2 Å². The summed E-state index contributed by atoms with van der Waals surface area (Å²) >= 11 is 0. The van der Waals surface area contributed by atoms with Gasteiger partial charge in [0, 0.05) is 6.20 Å². The molecule has 1 fully saturated rings. The lowest BCUT2D eigenvalue weighted by Crippen LogP contribution is -2.23. The Morgan fingerprint density at radius 2 is 1.95 bits per heavy atom. The van der Waals surface area contributed by atoms with E-state index in [-0.39, 0.29) is 0 Å². The van der Waals surface area contributed by atoms with Crippen LogP contribution in [0.15, 0.2) is 36.5 Å². The fourth-order valence-electron chi connectivity index (χ4n) is 2.09. The predicted molar refractivity (Wildman–Crippen MR) is 63.7 cm³/mol. The van der Waals surface area contributed by atoms with Crippen molar-refractivity contribution in [2.45, 2.75) is 24.6 Å². The third kappa shape index (κ3) is 2.12. The molecule has 0 spiro atoms. The van der Waals surface area contributed by atoms with Gasteiger partial charge in [0.15, 0.2) is 0 Å². The lowest BCUT2D eigenvalue weighted by molar-refractivity contribution is -0.137. The fraction of sp³-hybridized carbons (Fsp3) is 0.308. The first-order chi connectivity index (χ1) is 8.90. The SMILES string of the molecule is NC1(c2ccnn2-c2cccc(C(F)(F)F)c2)CC1. The summed E-state index contributed by atoms with van der Waals surface area (Å²) in [4.78, 5) is 0. The number of halogens is 3. The molecule has 3 rings (SSSR count). The van der Waals surface area contributed by atoms with Crippen molar-refractivity contribution in [3.63, 3.8) is 0 Å². The van der Waals surface area contributed by atoms with E-state index in [0.717, 1.165) is 30.7 Å². The highest BCUT2D eigenvalue weighted by molar-refractivity contribution is 5.40. The van der Waals surface area contributed by atoms with E-state index in [2.05, 4.69) is 5.10 Å². The van der Waals surface area contributed by atoms with Crippen LogP contribution in [0, 0.1) is 0 Å². The number of nitrogens with two attached hydrogens (primary N) is 1. The van der Waals surface area contributed by atoms with E-state index < -0.39 is 17.3 Å². The molecule has 0 radical (unpaired) electrons. The lowest BCUT2D eigenvalue weighted by atomic mass is 10.1. The molecule has 0 atom stereocenters. The van der Waals surface area contributed by atoms with Gasteiger partial charge in [-0.1, -0.05) is 6.07 Å². The highest BCUT2D eigenvalue weighted by atomic mass is 19.4. The molecule has 1 aromatic carbocycles. The van der Waals surface area contributed by atoms with Crippen LogP contribution in [-0.2, 0) is 11.7 Å². The topological polar surface area (TPSA) is 43.8 Å². The number of hydrogen-bond donors (Lipinski definition) is 1. The molecule has 1 aliphatic rings. The number of rotatable bonds is 2. The Morgan fingerprint density at radius 1 is 1.21 bits per heavy atom. The Labute approximate surface area is 107 Å². The van der Waals surface area contributed by atoms with Crippen molar-refractivity contribution in [2.24, 2.45) is 5.73 Å². The van der Waals surface area contributed by atoms with Crippen LogP contribution in [-0.4, -0.2) is 9.78 Å². The van der Waals surface area contributed by atoms with Crippen molar-refractivity contribution in [1.29, 1.82) is 0 Å². The van der Waals surface area contributed by atoms with E-state index in [1.54, 1.807) is 18.3 Å². The second kappa shape index (κ2) is 3.84. The third-order valence-corrected chi connectivity index (χ3v) is 3.36. The van der Waals surface area contributed by atoms with E-state index >= 15 is 0 Å². The first-order valence-corrected chi connectivity index (χ1v) is 5.91. The molecule has 2 N–H and O–H groups in total. The molecule has 1 aliphatic carbocycles. The maximum absolute atomic E-state index is 12.7. The summed E-state index contributed by atoms with van der Waals surface area (Å²) in [5.41, 5.74) is 6.10. The summed E-state index contributed by atoms with van der Waals surface area (Å²) in [6.07, 6.45) is -1.14. The van der Waals surface area contributed by atoms with Gasteiger partial charge in [-0.2, -0.15) is 18.3 Å². The maximum Gasteiger partial charge on any atom is 0.416 e. The number of nitrogens with zero attached hydrogens (tertiary/aromatic N) is 2. The van der Waals surface area contributed by atoms with Crippen molar-refractivity contribution in [2.75, 3.05) is 0 Å². The number of hydrogen-bond acceptors (Lipinski definition) is 2. The summed E-state index contributed by atoms with van der Waals surface area (Å²) < 4.78 is 39.6. The molecule has 1 aromatic heterocycles. The molecule has 3 nitrogen and oxygen atoms in total. The van der Waals surface area contributed by atoms with Crippen LogP contribution >= 0.6 is 0 Å². The highest BCUT2D eigenvalue weighted by Gasteiger charge is 2.43. The first-order valence-electron chi connectivity index (χ1n) is 5.91. The number of alkyl halides is 3. The van der Waals surface area contributed by atoms with Crippen LogP contribution in [0.2, 0.25) is 0 Å². The van der Waals surface area contributed by atoms with Crippen LogP contribution in [0.1, 0.15) is 24.1 Å². The summed E-state index contributed by atoms with van der Waals surface area (Å²) in [7, 11) is 0. The van der Waals surface area contributed by atoms with E-state index in [9.17, 15) is 13.2 Å². The van der Waals surface area contributed by atoms with Gasteiger partial charge in [-0.25, -0.2) is 4.68 Å². The van der Waals surface area contributed by atoms with Gasteiger partial charge in [-0.05, 0) is 37.1 Å². The van der Waals surface area contributed by atoms with E-state index in [1.165, 1.54) is 10.7 Å². The quantitative estimate of drug-likeness (QED) is 0.909. The molecular formula is C13H12F3N3. The second-order valence-electron chi connectivity index (χ2n) is 4.83. The van der Waals surface area contributed by atoms with Gasteiger partial charge in [-0.15, -0.1) is 0 Å².